The molecule has 0 unspecified atom stereocenters. The number of nitrogens with zero attached hydrogens (tertiary/aromatic N) is 3. The van der Waals surface area contributed by atoms with Gasteiger partial charge in [-0.1, -0.05) is 30.3 Å². The van der Waals surface area contributed by atoms with Crippen molar-refractivity contribution in [1.29, 1.82) is 0 Å². The maximum absolute atomic E-state index is 13.0. The molecule has 7 nitrogen and oxygen atoms in total. The van der Waals surface area contributed by atoms with Crippen LogP contribution in [0, 0.1) is 6.92 Å². The molecule has 2 aromatic heterocycles. The summed E-state index contributed by atoms with van der Waals surface area (Å²) in [4.78, 5) is 13.0. The van der Waals surface area contributed by atoms with Crippen molar-refractivity contribution >= 4 is 5.52 Å². The van der Waals surface area contributed by atoms with E-state index in [1.54, 1.807) is 41.2 Å². The number of fused-ring (bicyclic) bond motifs is 2. The molecule has 7 heteroatoms. The molecule has 0 radical (unpaired) electrons. The van der Waals surface area contributed by atoms with Gasteiger partial charge in [0, 0.05) is 18.0 Å². The van der Waals surface area contributed by atoms with Gasteiger partial charge in [0.05, 0.1) is 18.3 Å². The van der Waals surface area contributed by atoms with Gasteiger partial charge >= 0.3 is 0 Å². The van der Waals surface area contributed by atoms with Gasteiger partial charge in [0.2, 0.25) is 6.79 Å². The van der Waals surface area contributed by atoms with E-state index in [1.807, 2.05) is 31.2 Å². The van der Waals surface area contributed by atoms with E-state index >= 15 is 0 Å². The molecular formula is C22H19N3O4. The van der Waals surface area contributed by atoms with Crippen LogP contribution in [0.3, 0.4) is 0 Å². The van der Waals surface area contributed by atoms with Crippen molar-refractivity contribution in [1.82, 2.24) is 14.2 Å². The molecule has 29 heavy (non-hydrogen) atoms. The van der Waals surface area contributed by atoms with Gasteiger partial charge in [-0.15, -0.1) is 0 Å². The highest BCUT2D eigenvalue weighted by atomic mass is 16.7. The number of aromatic nitrogens is 3. The average Bonchev–Trinajstić information content (AvgIpc) is 3.37. The first-order valence-corrected chi connectivity index (χ1v) is 9.32. The summed E-state index contributed by atoms with van der Waals surface area (Å²) in [5, 5.41) is 15.2. The predicted molar refractivity (Wildman–Crippen MR) is 107 cm³/mol. The molecule has 1 aliphatic heterocycles. The summed E-state index contributed by atoms with van der Waals surface area (Å²) >= 11 is 0. The van der Waals surface area contributed by atoms with Crippen molar-refractivity contribution in [2.75, 3.05) is 6.79 Å². The maximum atomic E-state index is 13.0. The van der Waals surface area contributed by atoms with E-state index in [9.17, 15) is 9.90 Å². The van der Waals surface area contributed by atoms with E-state index in [0.29, 0.717) is 22.6 Å². The highest BCUT2D eigenvalue weighted by molar-refractivity contribution is 5.68. The molecule has 1 aliphatic rings. The molecule has 2 aromatic carbocycles. The Kier molecular flexibility index (Phi) is 4.10. The maximum Gasteiger partial charge on any atom is 0.276 e. The van der Waals surface area contributed by atoms with Gasteiger partial charge in [-0.3, -0.25) is 4.79 Å². The second-order valence-electron chi connectivity index (χ2n) is 7.06. The highest BCUT2D eigenvalue weighted by Crippen LogP contribution is 2.34. The van der Waals surface area contributed by atoms with Gasteiger partial charge in [0.1, 0.15) is 5.52 Å². The monoisotopic (exact) mass is 389 g/mol. The third-order valence-electron chi connectivity index (χ3n) is 5.18. The molecule has 0 fully saturated rings. The smallest absolute Gasteiger partial charge is 0.276 e. The van der Waals surface area contributed by atoms with Gasteiger partial charge < -0.3 is 19.1 Å². The normalized spacial score (nSPS) is 13.7. The fourth-order valence-electron chi connectivity index (χ4n) is 3.57. The predicted octanol–water partition coefficient (Wildman–Crippen LogP) is 2.93. The zero-order chi connectivity index (χ0) is 20.0. The minimum absolute atomic E-state index is 0.125. The summed E-state index contributed by atoms with van der Waals surface area (Å²) in [5.41, 5.74) is 3.74. The molecule has 3 heterocycles. The molecular weight excluding hydrogens is 370 g/mol. The highest BCUT2D eigenvalue weighted by Gasteiger charge is 2.18. The Labute approximate surface area is 166 Å². The summed E-state index contributed by atoms with van der Waals surface area (Å²) in [7, 11) is 0. The Morgan fingerprint density at radius 3 is 2.79 bits per heavy atom. The zero-order valence-electron chi connectivity index (χ0n) is 15.8. The third kappa shape index (κ3) is 3.05. The van der Waals surface area contributed by atoms with E-state index < -0.39 is 6.10 Å². The number of aliphatic hydroxyl groups is 1. The largest absolute Gasteiger partial charge is 0.454 e. The number of aliphatic hydroxyl groups excluding tert-OH is 1. The fraction of sp³-hybridized carbons (Fsp3) is 0.182. The van der Waals surface area contributed by atoms with Gasteiger partial charge in [-0.05, 0) is 36.2 Å². The van der Waals surface area contributed by atoms with Crippen LogP contribution >= 0.6 is 0 Å². The van der Waals surface area contributed by atoms with Crippen molar-refractivity contribution in [3.63, 3.8) is 0 Å². The molecule has 0 saturated heterocycles. The van der Waals surface area contributed by atoms with Crippen LogP contribution < -0.4 is 15.0 Å². The Morgan fingerprint density at radius 1 is 1.10 bits per heavy atom. The van der Waals surface area contributed by atoms with Crippen molar-refractivity contribution in [2.24, 2.45) is 0 Å². The number of hydrogen-bond acceptors (Lipinski definition) is 5. The Bertz CT molecular complexity index is 1270. The molecule has 1 N–H and O–H groups in total. The Balaban J connectivity index is 1.47. The SMILES string of the molecule is Cc1ccccc1-c1cc2c(=O)n(C[C@H](O)c3ccc4c(c3)OCO4)ccn2n1. The lowest BCUT2D eigenvalue weighted by molar-refractivity contribution is 0.154. The van der Waals surface area contributed by atoms with Crippen LogP contribution in [0.15, 0.2) is 65.7 Å². The first-order chi connectivity index (χ1) is 14.1. The number of hydrogen-bond donors (Lipinski definition) is 1. The van der Waals surface area contributed by atoms with Crippen molar-refractivity contribution in [3.8, 4) is 22.8 Å². The van der Waals surface area contributed by atoms with Crippen LogP contribution in [0.2, 0.25) is 0 Å². The van der Waals surface area contributed by atoms with Crippen molar-refractivity contribution in [3.05, 3.63) is 82.4 Å². The molecule has 1 atom stereocenters. The number of benzene rings is 2. The first kappa shape index (κ1) is 17.5. The molecule has 0 spiro atoms. The van der Waals surface area contributed by atoms with Crippen molar-refractivity contribution in [2.45, 2.75) is 19.6 Å². The lowest BCUT2D eigenvalue weighted by atomic mass is 10.1. The van der Waals surface area contributed by atoms with E-state index in [1.165, 1.54) is 4.57 Å². The lowest BCUT2D eigenvalue weighted by Gasteiger charge is -2.13. The number of ether oxygens (including phenoxy) is 2. The quantitative estimate of drug-likeness (QED) is 0.581. The Morgan fingerprint density at radius 2 is 1.93 bits per heavy atom. The van der Waals surface area contributed by atoms with Crippen LogP contribution in [-0.2, 0) is 6.54 Å². The summed E-state index contributed by atoms with van der Waals surface area (Å²) in [6.07, 6.45) is 2.51. The molecule has 0 amide bonds. The van der Waals surface area contributed by atoms with E-state index in [0.717, 1.165) is 16.8 Å². The van der Waals surface area contributed by atoms with Gasteiger partial charge in [-0.2, -0.15) is 5.10 Å². The van der Waals surface area contributed by atoms with Gasteiger partial charge in [-0.25, -0.2) is 4.52 Å². The fourth-order valence-corrected chi connectivity index (χ4v) is 3.57. The van der Waals surface area contributed by atoms with Crippen LogP contribution in [0.1, 0.15) is 17.2 Å². The molecule has 5 rings (SSSR count). The van der Waals surface area contributed by atoms with E-state index in [-0.39, 0.29) is 18.9 Å². The summed E-state index contributed by atoms with van der Waals surface area (Å²) in [5.74, 6) is 1.26. The average molecular weight is 389 g/mol. The van der Waals surface area contributed by atoms with E-state index in [4.69, 9.17) is 9.47 Å². The minimum atomic E-state index is -0.858. The topological polar surface area (TPSA) is 78.0 Å². The number of aryl methyl sites for hydroxylation is 1. The molecule has 146 valence electrons. The Hall–Kier alpha value is -3.58. The molecule has 0 aliphatic carbocycles. The van der Waals surface area contributed by atoms with E-state index in [2.05, 4.69) is 5.10 Å². The number of rotatable bonds is 4. The van der Waals surface area contributed by atoms with Crippen LogP contribution in [0.25, 0.3) is 16.8 Å². The van der Waals surface area contributed by atoms with Gasteiger partial charge in [0.25, 0.3) is 5.56 Å². The third-order valence-corrected chi connectivity index (χ3v) is 5.18. The van der Waals surface area contributed by atoms with Crippen LogP contribution in [0.5, 0.6) is 11.5 Å². The van der Waals surface area contributed by atoms with Crippen LogP contribution in [-0.4, -0.2) is 26.1 Å². The lowest BCUT2D eigenvalue weighted by Crippen LogP contribution is -2.24. The summed E-state index contributed by atoms with van der Waals surface area (Å²) < 4.78 is 13.7. The standard InChI is InChI=1S/C22H19N3O4/c1-14-4-2-3-5-16(14)17-11-18-22(27)24(8-9-25(18)23-17)12-19(26)15-6-7-20-21(10-15)29-13-28-20/h2-11,19,26H,12-13H2,1H3/t19-/m0/s1. The van der Waals surface area contributed by atoms with Crippen LogP contribution in [0.4, 0.5) is 0 Å². The molecule has 0 bridgehead atoms. The first-order valence-electron chi connectivity index (χ1n) is 9.32. The second-order valence-corrected chi connectivity index (χ2v) is 7.06. The second kappa shape index (κ2) is 6.79. The summed E-state index contributed by atoms with van der Waals surface area (Å²) in [6.45, 7) is 2.31. The van der Waals surface area contributed by atoms with Crippen molar-refractivity contribution < 1.29 is 14.6 Å². The minimum Gasteiger partial charge on any atom is -0.454 e. The van der Waals surface area contributed by atoms with Gasteiger partial charge in [0.15, 0.2) is 11.5 Å². The molecule has 0 saturated carbocycles. The zero-order valence-corrected chi connectivity index (χ0v) is 15.8. The molecule has 4 aromatic rings. The summed E-state index contributed by atoms with van der Waals surface area (Å²) in [6, 6.07) is 15.0.